The first-order chi connectivity index (χ1) is 11.6. The Hall–Kier alpha value is -3.01. The van der Waals surface area contributed by atoms with Gasteiger partial charge in [-0.15, -0.1) is 0 Å². The molecular weight excluding hydrogens is 305 g/mol. The molecule has 0 aliphatic heterocycles. The smallest absolute Gasteiger partial charge is 0.216 e. The Balaban J connectivity index is 1.68. The molecule has 4 heteroatoms. The standard InChI is InChI=1S/C20H16FNO2/c1-14-3-2-12-22-20(14)24-13-15-4-6-16(7-5-15)19(23)17-8-10-18(21)11-9-17/h2-12H,13H2,1H3. The van der Waals surface area contributed by atoms with Crippen molar-refractivity contribution in [2.75, 3.05) is 0 Å². The summed E-state index contributed by atoms with van der Waals surface area (Å²) in [5, 5.41) is 0. The van der Waals surface area contributed by atoms with Gasteiger partial charge in [0.05, 0.1) is 0 Å². The van der Waals surface area contributed by atoms with Crippen molar-refractivity contribution in [2.24, 2.45) is 0 Å². The van der Waals surface area contributed by atoms with Crippen molar-refractivity contribution >= 4 is 5.78 Å². The topological polar surface area (TPSA) is 39.2 Å². The summed E-state index contributed by atoms with van der Waals surface area (Å²) in [5.41, 5.74) is 2.93. The highest BCUT2D eigenvalue weighted by molar-refractivity contribution is 6.08. The van der Waals surface area contributed by atoms with Gasteiger partial charge in [0.2, 0.25) is 5.88 Å². The highest BCUT2D eigenvalue weighted by Gasteiger charge is 2.09. The van der Waals surface area contributed by atoms with Gasteiger partial charge in [0, 0.05) is 22.9 Å². The summed E-state index contributed by atoms with van der Waals surface area (Å²) < 4.78 is 18.6. The third-order valence-electron chi connectivity index (χ3n) is 3.66. The third kappa shape index (κ3) is 3.66. The number of hydrogen-bond donors (Lipinski definition) is 0. The summed E-state index contributed by atoms with van der Waals surface area (Å²) in [7, 11) is 0. The molecule has 120 valence electrons. The van der Waals surface area contributed by atoms with Crippen molar-refractivity contribution in [1.29, 1.82) is 0 Å². The number of benzene rings is 2. The van der Waals surface area contributed by atoms with Crippen LogP contribution in [0.25, 0.3) is 0 Å². The normalized spacial score (nSPS) is 10.4. The third-order valence-corrected chi connectivity index (χ3v) is 3.66. The Morgan fingerprint density at radius 2 is 1.62 bits per heavy atom. The van der Waals surface area contributed by atoms with Crippen LogP contribution in [0.5, 0.6) is 5.88 Å². The molecule has 3 nitrogen and oxygen atoms in total. The van der Waals surface area contributed by atoms with Crippen LogP contribution in [0, 0.1) is 12.7 Å². The molecule has 1 aromatic heterocycles. The number of carbonyl (C=O) groups excluding carboxylic acids is 1. The van der Waals surface area contributed by atoms with Gasteiger partial charge in [0.15, 0.2) is 5.78 Å². The number of rotatable bonds is 5. The summed E-state index contributed by atoms with van der Waals surface area (Å²) in [6, 6.07) is 16.5. The molecule has 0 aliphatic rings. The lowest BCUT2D eigenvalue weighted by atomic mass is 10.0. The molecule has 2 aromatic carbocycles. The SMILES string of the molecule is Cc1cccnc1OCc1ccc(C(=O)c2ccc(F)cc2)cc1. The Labute approximate surface area is 139 Å². The van der Waals surface area contributed by atoms with Gasteiger partial charge in [0.25, 0.3) is 0 Å². The second-order valence-electron chi connectivity index (χ2n) is 5.45. The fourth-order valence-electron chi connectivity index (χ4n) is 2.29. The van der Waals surface area contributed by atoms with E-state index in [1.165, 1.54) is 24.3 Å². The van der Waals surface area contributed by atoms with E-state index >= 15 is 0 Å². The minimum atomic E-state index is -0.358. The maximum absolute atomic E-state index is 12.9. The van der Waals surface area contributed by atoms with Crippen molar-refractivity contribution in [3.05, 3.63) is 94.9 Å². The molecule has 0 bridgehead atoms. The van der Waals surface area contributed by atoms with Gasteiger partial charge in [-0.2, -0.15) is 0 Å². The number of aryl methyl sites for hydroxylation is 1. The average molecular weight is 321 g/mol. The second kappa shape index (κ2) is 7.04. The molecule has 0 spiro atoms. The first-order valence-electron chi connectivity index (χ1n) is 7.57. The molecule has 0 fully saturated rings. The molecular formula is C20H16FNO2. The molecule has 0 radical (unpaired) electrons. The van der Waals surface area contributed by atoms with Crippen molar-refractivity contribution in [1.82, 2.24) is 4.98 Å². The number of halogens is 1. The van der Waals surface area contributed by atoms with E-state index in [4.69, 9.17) is 4.74 Å². The van der Waals surface area contributed by atoms with Crippen molar-refractivity contribution < 1.29 is 13.9 Å². The average Bonchev–Trinajstić information content (AvgIpc) is 2.62. The van der Waals surface area contributed by atoms with Crippen LogP contribution in [0.3, 0.4) is 0 Å². The van der Waals surface area contributed by atoms with E-state index in [1.807, 2.05) is 31.2 Å². The Morgan fingerprint density at radius 1 is 1.00 bits per heavy atom. The number of ether oxygens (including phenoxy) is 1. The lowest BCUT2D eigenvalue weighted by Gasteiger charge is -2.08. The molecule has 1 heterocycles. The van der Waals surface area contributed by atoms with Crippen LogP contribution in [-0.2, 0) is 6.61 Å². The van der Waals surface area contributed by atoms with Gasteiger partial charge in [0.1, 0.15) is 12.4 Å². The summed E-state index contributed by atoms with van der Waals surface area (Å²) in [5.74, 6) is 0.107. The fraction of sp³-hybridized carbons (Fsp3) is 0.100. The van der Waals surface area contributed by atoms with Crippen molar-refractivity contribution in [3.63, 3.8) is 0 Å². The zero-order chi connectivity index (χ0) is 16.9. The van der Waals surface area contributed by atoms with Gasteiger partial charge in [-0.05, 0) is 42.8 Å². The lowest BCUT2D eigenvalue weighted by molar-refractivity contribution is 0.103. The highest BCUT2D eigenvalue weighted by Crippen LogP contribution is 2.16. The van der Waals surface area contributed by atoms with Crippen molar-refractivity contribution in [3.8, 4) is 5.88 Å². The number of pyridine rings is 1. The first-order valence-corrected chi connectivity index (χ1v) is 7.57. The van der Waals surface area contributed by atoms with Gasteiger partial charge >= 0.3 is 0 Å². The predicted molar refractivity (Wildman–Crippen MR) is 89.6 cm³/mol. The van der Waals surface area contributed by atoms with Crippen LogP contribution in [-0.4, -0.2) is 10.8 Å². The van der Waals surface area contributed by atoms with E-state index in [2.05, 4.69) is 4.98 Å². The van der Waals surface area contributed by atoms with Gasteiger partial charge in [-0.3, -0.25) is 4.79 Å². The molecule has 0 saturated carbocycles. The van der Waals surface area contributed by atoms with E-state index in [0.29, 0.717) is 23.6 Å². The molecule has 3 aromatic rings. The molecule has 0 aliphatic carbocycles. The summed E-state index contributed by atoms with van der Waals surface area (Å²) in [4.78, 5) is 16.5. The number of aromatic nitrogens is 1. The van der Waals surface area contributed by atoms with E-state index < -0.39 is 0 Å². The summed E-state index contributed by atoms with van der Waals surface area (Å²) in [6.07, 6.45) is 1.69. The van der Waals surface area contributed by atoms with Crippen LogP contribution in [0.1, 0.15) is 27.0 Å². The zero-order valence-corrected chi connectivity index (χ0v) is 13.2. The fourth-order valence-corrected chi connectivity index (χ4v) is 2.29. The summed E-state index contributed by atoms with van der Waals surface area (Å²) in [6.45, 7) is 2.32. The predicted octanol–water partition coefficient (Wildman–Crippen LogP) is 4.34. The van der Waals surface area contributed by atoms with E-state index in [9.17, 15) is 9.18 Å². The Morgan fingerprint density at radius 3 is 2.25 bits per heavy atom. The largest absolute Gasteiger partial charge is 0.473 e. The number of ketones is 1. The van der Waals surface area contributed by atoms with Crippen molar-refractivity contribution in [2.45, 2.75) is 13.5 Å². The minimum Gasteiger partial charge on any atom is -0.473 e. The lowest BCUT2D eigenvalue weighted by Crippen LogP contribution is -2.03. The van der Waals surface area contributed by atoms with E-state index in [1.54, 1.807) is 18.3 Å². The highest BCUT2D eigenvalue weighted by atomic mass is 19.1. The minimum absolute atomic E-state index is 0.136. The number of nitrogens with zero attached hydrogens (tertiary/aromatic N) is 1. The quantitative estimate of drug-likeness (QED) is 0.656. The number of hydrogen-bond acceptors (Lipinski definition) is 3. The van der Waals surface area contributed by atoms with E-state index in [0.717, 1.165) is 11.1 Å². The molecule has 0 unspecified atom stereocenters. The molecule has 3 rings (SSSR count). The summed E-state index contributed by atoms with van der Waals surface area (Å²) >= 11 is 0. The molecule has 0 saturated heterocycles. The Kier molecular flexibility index (Phi) is 4.66. The zero-order valence-electron chi connectivity index (χ0n) is 13.2. The molecule has 0 amide bonds. The van der Waals surface area contributed by atoms with Crippen LogP contribution >= 0.6 is 0 Å². The molecule has 0 atom stereocenters. The van der Waals surface area contributed by atoms with Crippen LogP contribution in [0.4, 0.5) is 4.39 Å². The van der Waals surface area contributed by atoms with Gasteiger partial charge < -0.3 is 4.74 Å². The molecule has 24 heavy (non-hydrogen) atoms. The van der Waals surface area contributed by atoms with E-state index in [-0.39, 0.29) is 11.6 Å². The number of carbonyl (C=O) groups is 1. The molecule has 0 N–H and O–H groups in total. The second-order valence-corrected chi connectivity index (χ2v) is 5.45. The van der Waals surface area contributed by atoms with Gasteiger partial charge in [-0.25, -0.2) is 9.37 Å². The van der Waals surface area contributed by atoms with Gasteiger partial charge in [-0.1, -0.05) is 30.3 Å². The van der Waals surface area contributed by atoms with Crippen LogP contribution in [0.15, 0.2) is 66.9 Å². The maximum atomic E-state index is 12.9. The Bertz CT molecular complexity index is 842. The van der Waals surface area contributed by atoms with Crippen LogP contribution < -0.4 is 4.74 Å². The maximum Gasteiger partial charge on any atom is 0.216 e. The monoisotopic (exact) mass is 321 g/mol. The van der Waals surface area contributed by atoms with Crippen LogP contribution in [0.2, 0.25) is 0 Å². The first kappa shape index (κ1) is 15.9.